The van der Waals surface area contributed by atoms with Crippen LogP contribution in [0.3, 0.4) is 0 Å². The van der Waals surface area contributed by atoms with E-state index < -0.39 is 5.54 Å². The van der Waals surface area contributed by atoms with Crippen LogP contribution in [0.15, 0.2) is 30.6 Å². The van der Waals surface area contributed by atoms with Crippen LogP contribution in [-0.4, -0.2) is 80.2 Å². The zero-order chi connectivity index (χ0) is 24.1. The van der Waals surface area contributed by atoms with E-state index >= 15 is 0 Å². The largest absolute Gasteiger partial charge is 0.394 e. The standard InChI is InChI=1S/C25H36N8O/c1-4-5-8-25(2,17-34)31-23-22-21(29-24(26)30-23)13-19(15-28-22)18-6-7-20(27-14-18)16-33-11-9-32(3)10-12-33/h6-7,13-15,34H,4-5,8-12,16-17H2,1-3H3,(H3,26,29,30,31)/t25-/m1/s1. The Bertz CT molecular complexity index is 1100. The van der Waals surface area contributed by atoms with Gasteiger partial charge in [-0.15, -0.1) is 0 Å². The molecule has 1 atom stereocenters. The molecule has 3 aromatic rings. The molecule has 4 rings (SSSR count). The third kappa shape index (κ3) is 5.78. The highest BCUT2D eigenvalue weighted by Crippen LogP contribution is 2.28. The van der Waals surface area contributed by atoms with Gasteiger partial charge in [-0.05, 0) is 32.5 Å². The number of nitrogens with zero attached hydrogens (tertiary/aromatic N) is 6. The van der Waals surface area contributed by atoms with E-state index in [-0.39, 0.29) is 12.6 Å². The second-order valence-corrected chi connectivity index (χ2v) is 9.59. The van der Waals surface area contributed by atoms with Crippen molar-refractivity contribution < 1.29 is 5.11 Å². The van der Waals surface area contributed by atoms with Crippen LogP contribution in [0.1, 0.15) is 38.8 Å². The van der Waals surface area contributed by atoms with E-state index in [1.54, 1.807) is 0 Å². The summed E-state index contributed by atoms with van der Waals surface area (Å²) in [6.07, 6.45) is 6.57. The maximum absolute atomic E-state index is 9.98. The second kappa shape index (κ2) is 10.6. The molecular weight excluding hydrogens is 428 g/mol. The number of aliphatic hydroxyl groups excluding tert-OH is 1. The topological polar surface area (TPSA) is 116 Å². The van der Waals surface area contributed by atoms with Crippen LogP contribution in [0.2, 0.25) is 0 Å². The Labute approximate surface area is 201 Å². The van der Waals surface area contributed by atoms with Gasteiger partial charge in [0.1, 0.15) is 5.52 Å². The summed E-state index contributed by atoms with van der Waals surface area (Å²) in [4.78, 5) is 22.9. The summed E-state index contributed by atoms with van der Waals surface area (Å²) >= 11 is 0. The Morgan fingerprint density at radius 3 is 2.53 bits per heavy atom. The van der Waals surface area contributed by atoms with Gasteiger partial charge in [-0.25, -0.2) is 4.98 Å². The predicted molar refractivity (Wildman–Crippen MR) is 136 cm³/mol. The Balaban J connectivity index is 1.54. The Hall–Kier alpha value is -2.88. The Morgan fingerprint density at radius 2 is 1.85 bits per heavy atom. The molecule has 9 nitrogen and oxygen atoms in total. The maximum Gasteiger partial charge on any atom is 0.222 e. The number of unbranched alkanes of at least 4 members (excludes halogenated alkanes) is 1. The van der Waals surface area contributed by atoms with E-state index in [0.717, 1.165) is 68.8 Å². The van der Waals surface area contributed by atoms with Gasteiger partial charge in [0.05, 0.1) is 23.4 Å². The second-order valence-electron chi connectivity index (χ2n) is 9.59. The smallest absolute Gasteiger partial charge is 0.222 e. The highest BCUT2D eigenvalue weighted by Gasteiger charge is 2.25. The normalized spacial score (nSPS) is 17.1. The number of anilines is 2. The van der Waals surface area contributed by atoms with Gasteiger partial charge in [0.2, 0.25) is 5.95 Å². The number of nitrogens with one attached hydrogen (secondary N) is 1. The number of fused-ring (bicyclic) bond motifs is 1. The fraction of sp³-hybridized carbons (Fsp3) is 0.520. The van der Waals surface area contributed by atoms with E-state index in [1.807, 2.05) is 25.4 Å². The number of aromatic nitrogens is 4. The van der Waals surface area contributed by atoms with Crippen molar-refractivity contribution in [2.45, 2.75) is 45.2 Å². The van der Waals surface area contributed by atoms with E-state index in [0.29, 0.717) is 16.9 Å². The van der Waals surface area contributed by atoms with Crippen molar-refractivity contribution in [3.05, 3.63) is 36.3 Å². The van der Waals surface area contributed by atoms with Gasteiger partial charge >= 0.3 is 0 Å². The summed E-state index contributed by atoms with van der Waals surface area (Å²) in [7, 11) is 2.16. The first-order valence-electron chi connectivity index (χ1n) is 12.1. The lowest BCUT2D eigenvalue weighted by atomic mass is 9.96. The van der Waals surface area contributed by atoms with Crippen molar-refractivity contribution >= 4 is 22.8 Å². The number of hydrogen-bond acceptors (Lipinski definition) is 9. The monoisotopic (exact) mass is 464 g/mol. The van der Waals surface area contributed by atoms with Crippen molar-refractivity contribution in [3.8, 4) is 11.1 Å². The number of rotatable bonds is 9. The molecule has 0 amide bonds. The third-order valence-corrected chi connectivity index (χ3v) is 6.54. The molecule has 4 heterocycles. The molecule has 0 radical (unpaired) electrons. The number of nitrogens with two attached hydrogens (primary N) is 1. The number of likely N-dealkylation sites (N-methyl/N-ethyl adjacent to an activating group) is 1. The first kappa shape index (κ1) is 24.3. The zero-order valence-corrected chi connectivity index (χ0v) is 20.5. The van der Waals surface area contributed by atoms with E-state index in [4.69, 9.17) is 10.7 Å². The molecule has 0 aromatic carbocycles. The summed E-state index contributed by atoms with van der Waals surface area (Å²) in [6, 6.07) is 6.13. The lowest BCUT2D eigenvalue weighted by molar-refractivity contribution is 0.147. The summed E-state index contributed by atoms with van der Waals surface area (Å²) in [5.41, 5.74) is 9.77. The Morgan fingerprint density at radius 1 is 1.09 bits per heavy atom. The molecule has 0 saturated carbocycles. The van der Waals surface area contributed by atoms with Crippen LogP contribution < -0.4 is 11.1 Å². The number of pyridine rings is 2. The van der Waals surface area contributed by atoms with Crippen molar-refractivity contribution in [1.82, 2.24) is 29.7 Å². The molecule has 182 valence electrons. The average molecular weight is 465 g/mol. The van der Waals surface area contributed by atoms with E-state index in [9.17, 15) is 5.11 Å². The van der Waals surface area contributed by atoms with Crippen LogP contribution in [0.5, 0.6) is 0 Å². The van der Waals surface area contributed by atoms with Gasteiger partial charge in [-0.1, -0.05) is 25.8 Å². The Kier molecular flexibility index (Phi) is 7.55. The lowest BCUT2D eigenvalue weighted by Gasteiger charge is -2.32. The van der Waals surface area contributed by atoms with Crippen LogP contribution in [0.4, 0.5) is 11.8 Å². The molecule has 34 heavy (non-hydrogen) atoms. The molecule has 1 saturated heterocycles. The van der Waals surface area contributed by atoms with Crippen LogP contribution in [0, 0.1) is 0 Å². The van der Waals surface area contributed by atoms with Gasteiger partial charge in [-0.3, -0.25) is 14.9 Å². The molecule has 0 unspecified atom stereocenters. The van der Waals surface area contributed by atoms with Crippen LogP contribution >= 0.6 is 0 Å². The molecule has 9 heteroatoms. The number of aliphatic hydroxyl groups is 1. The lowest BCUT2D eigenvalue weighted by Crippen LogP contribution is -2.43. The number of nitrogen functional groups attached to an aromatic ring is 1. The average Bonchev–Trinajstić information content (AvgIpc) is 2.84. The highest BCUT2D eigenvalue weighted by molar-refractivity contribution is 5.89. The summed E-state index contributed by atoms with van der Waals surface area (Å²) in [5.74, 6) is 0.715. The van der Waals surface area contributed by atoms with Gasteiger partial charge in [0.15, 0.2) is 5.82 Å². The summed E-state index contributed by atoms with van der Waals surface area (Å²) in [6.45, 7) is 9.30. The third-order valence-electron chi connectivity index (χ3n) is 6.54. The van der Waals surface area contributed by atoms with Crippen molar-refractivity contribution in [1.29, 1.82) is 0 Å². The minimum atomic E-state index is -0.506. The SMILES string of the molecule is CCCC[C@](C)(CO)Nc1nc(N)nc2cc(-c3ccc(CN4CCN(C)CC4)nc3)cnc12. The van der Waals surface area contributed by atoms with Crippen LogP contribution in [-0.2, 0) is 6.54 Å². The van der Waals surface area contributed by atoms with Gasteiger partial charge in [0.25, 0.3) is 0 Å². The van der Waals surface area contributed by atoms with Crippen LogP contribution in [0.25, 0.3) is 22.2 Å². The summed E-state index contributed by atoms with van der Waals surface area (Å²) < 4.78 is 0. The molecule has 1 aliphatic heterocycles. The first-order chi connectivity index (χ1) is 16.4. The van der Waals surface area contributed by atoms with Crippen molar-refractivity contribution in [2.75, 3.05) is 50.9 Å². The molecule has 1 aliphatic rings. The fourth-order valence-corrected chi connectivity index (χ4v) is 4.24. The molecular formula is C25H36N8O. The molecule has 0 bridgehead atoms. The minimum absolute atomic E-state index is 0.0113. The molecule has 0 aliphatic carbocycles. The maximum atomic E-state index is 9.98. The van der Waals surface area contributed by atoms with Crippen molar-refractivity contribution in [2.24, 2.45) is 0 Å². The zero-order valence-electron chi connectivity index (χ0n) is 20.5. The van der Waals surface area contributed by atoms with Gasteiger partial charge < -0.3 is 21.1 Å². The number of hydrogen-bond donors (Lipinski definition) is 3. The quantitative estimate of drug-likeness (QED) is 0.439. The van der Waals surface area contributed by atoms with Gasteiger partial charge in [0, 0.05) is 56.2 Å². The summed E-state index contributed by atoms with van der Waals surface area (Å²) in [5, 5.41) is 13.3. The molecule has 4 N–H and O–H groups in total. The molecule has 3 aromatic heterocycles. The fourth-order valence-electron chi connectivity index (χ4n) is 4.24. The van der Waals surface area contributed by atoms with Crippen molar-refractivity contribution in [3.63, 3.8) is 0 Å². The van der Waals surface area contributed by atoms with E-state index in [2.05, 4.69) is 56.2 Å². The number of piperazine rings is 1. The first-order valence-corrected chi connectivity index (χ1v) is 12.1. The molecule has 1 fully saturated rings. The van der Waals surface area contributed by atoms with Gasteiger partial charge in [-0.2, -0.15) is 4.98 Å². The minimum Gasteiger partial charge on any atom is -0.394 e. The highest BCUT2D eigenvalue weighted by atomic mass is 16.3. The molecule has 0 spiro atoms. The predicted octanol–water partition coefficient (Wildman–Crippen LogP) is 2.77. The van der Waals surface area contributed by atoms with E-state index in [1.165, 1.54) is 0 Å².